The molecular formula is C15H20N2OS. The lowest BCUT2D eigenvalue weighted by Gasteiger charge is -2.25. The van der Waals surface area contributed by atoms with Gasteiger partial charge in [-0.15, -0.1) is 11.3 Å². The largest absolute Gasteiger partial charge is 0.384 e. The van der Waals surface area contributed by atoms with Crippen molar-refractivity contribution in [2.24, 2.45) is 0 Å². The number of aliphatic hydroxyl groups excluding tert-OH is 1. The van der Waals surface area contributed by atoms with Crippen LogP contribution in [0.15, 0.2) is 41.9 Å². The fraction of sp³-hybridized carbons (Fsp3) is 0.400. The van der Waals surface area contributed by atoms with Gasteiger partial charge in [-0.25, -0.2) is 4.98 Å². The summed E-state index contributed by atoms with van der Waals surface area (Å²) in [6.45, 7) is 4.18. The first-order valence-corrected chi connectivity index (χ1v) is 7.42. The van der Waals surface area contributed by atoms with E-state index in [4.69, 9.17) is 0 Å². The summed E-state index contributed by atoms with van der Waals surface area (Å²) in [4.78, 5) is 4.21. The first-order valence-electron chi connectivity index (χ1n) is 6.54. The van der Waals surface area contributed by atoms with E-state index in [1.54, 1.807) is 6.20 Å². The van der Waals surface area contributed by atoms with Crippen LogP contribution in [-0.2, 0) is 6.42 Å². The second kappa shape index (κ2) is 6.80. The van der Waals surface area contributed by atoms with Crippen molar-refractivity contribution in [3.05, 3.63) is 52.5 Å². The normalized spacial score (nSPS) is 14.5. The quantitative estimate of drug-likeness (QED) is 0.853. The Bertz CT molecular complexity index is 470. The summed E-state index contributed by atoms with van der Waals surface area (Å²) in [5.74, 6) is 0. The van der Waals surface area contributed by atoms with Gasteiger partial charge in [0.25, 0.3) is 0 Å². The van der Waals surface area contributed by atoms with E-state index in [9.17, 15) is 5.11 Å². The minimum Gasteiger partial charge on any atom is -0.384 e. The van der Waals surface area contributed by atoms with Crippen molar-refractivity contribution < 1.29 is 5.11 Å². The zero-order chi connectivity index (χ0) is 13.7. The van der Waals surface area contributed by atoms with E-state index in [0.717, 1.165) is 11.4 Å². The fourth-order valence-electron chi connectivity index (χ4n) is 2.11. The highest BCUT2D eigenvalue weighted by atomic mass is 32.1. The van der Waals surface area contributed by atoms with Gasteiger partial charge >= 0.3 is 0 Å². The number of hydrogen-bond acceptors (Lipinski definition) is 4. The maximum Gasteiger partial charge on any atom is 0.123 e. The zero-order valence-corrected chi connectivity index (χ0v) is 12.1. The molecule has 2 N–H and O–H groups in total. The lowest BCUT2D eigenvalue weighted by Crippen LogP contribution is -2.41. The third-order valence-corrected chi connectivity index (χ3v) is 3.78. The standard InChI is InChI=1S/C15H20N2OS/c1-11(2)17-13(10-12-6-4-3-5-7-12)14(18)15-16-8-9-19-15/h3-9,11,13-14,17-18H,10H2,1-2H3/t13-,14?/m0/s1. The van der Waals surface area contributed by atoms with Gasteiger partial charge in [-0.2, -0.15) is 0 Å². The third-order valence-electron chi connectivity index (χ3n) is 2.93. The molecule has 3 nitrogen and oxygen atoms in total. The van der Waals surface area contributed by atoms with Gasteiger partial charge in [-0.1, -0.05) is 44.2 Å². The molecule has 0 fully saturated rings. The number of nitrogens with one attached hydrogen (secondary N) is 1. The monoisotopic (exact) mass is 276 g/mol. The first kappa shape index (κ1) is 14.2. The van der Waals surface area contributed by atoms with Crippen molar-refractivity contribution >= 4 is 11.3 Å². The molecule has 19 heavy (non-hydrogen) atoms. The summed E-state index contributed by atoms with van der Waals surface area (Å²) in [7, 11) is 0. The molecule has 2 atom stereocenters. The maximum atomic E-state index is 10.5. The topological polar surface area (TPSA) is 45.1 Å². The summed E-state index contributed by atoms with van der Waals surface area (Å²) in [5.41, 5.74) is 1.22. The number of benzene rings is 1. The molecule has 0 saturated carbocycles. The van der Waals surface area contributed by atoms with Gasteiger partial charge in [0.1, 0.15) is 11.1 Å². The molecular weight excluding hydrogens is 256 g/mol. The Kier molecular flexibility index (Phi) is 5.07. The van der Waals surface area contributed by atoms with Crippen molar-refractivity contribution in [1.29, 1.82) is 0 Å². The van der Waals surface area contributed by atoms with Crippen molar-refractivity contribution in [2.75, 3.05) is 0 Å². The van der Waals surface area contributed by atoms with Gasteiger partial charge in [0.05, 0.1) is 0 Å². The Morgan fingerprint density at radius 3 is 2.58 bits per heavy atom. The molecule has 0 bridgehead atoms. The van der Waals surface area contributed by atoms with Gasteiger partial charge in [0.2, 0.25) is 0 Å². The second-order valence-electron chi connectivity index (χ2n) is 4.93. The SMILES string of the molecule is CC(C)N[C@@H](Cc1ccccc1)C(O)c1nccs1. The highest BCUT2D eigenvalue weighted by Crippen LogP contribution is 2.22. The number of thiazole rings is 1. The number of rotatable bonds is 6. The van der Waals surface area contributed by atoms with Gasteiger partial charge in [0, 0.05) is 23.7 Å². The molecule has 0 amide bonds. The maximum absolute atomic E-state index is 10.5. The summed E-state index contributed by atoms with van der Waals surface area (Å²) >= 11 is 1.50. The summed E-state index contributed by atoms with van der Waals surface area (Å²) in [6, 6.07) is 10.5. The molecule has 0 radical (unpaired) electrons. The Hall–Kier alpha value is -1.23. The van der Waals surface area contributed by atoms with Crippen LogP contribution in [-0.4, -0.2) is 22.2 Å². The minimum absolute atomic E-state index is 0.0199. The average molecular weight is 276 g/mol. The van der Waals surface area contributed by atoms with Crippen LogP contribution >= 0.6 is 11.3 Å². The molecule has 0 spiro atoms. The average Bonchev–Trinajstić information content (AvgIpc) is 2.91. The van der Waals surface area contributed by atoms with Crippen molar-refractivity contribution in [2.45, 2.75) is 38.5 Å². The number of nitrogens with zero attached hydrogens (tertiary/aromatic N) is 1. The molecule has 1 unspecified atom stereocenters. The second-order valence-corrected chi connectivity index (χ2v) is 5.86. The molecule has 102 valence electrons. The molecule has 2 aromatic rings. The van der Waals surface area contributed by atoms with E-state index in [1.165, 1.54) is 16.9 Å². The smallest absolute Gasteiger partial charge is 0.123 e. The molecule has 1 heterocycles. The van der Waals surface area contributed by atoms with Crippen LogP contribution in [0.4, 0.5) is 0 Å². The van der Waals surface area contributed by atoms with E-state index < -0.39 is 6.10 Å². The Morgan fingerprint density at radius 1 is 1.26 bits per heavy atom. The summed E-state index contributed by atoms with van der Waals surface area (Å²) < 4.78 is 0. The first-order chi connectivity index (χ1) is 9.16. The Labute approximate surface area is 118 Å². The van der Waals surface area contributed by atoms with Gasteiger partial charge in [0.15, 0.2) is 0 Å². The number of aliphatic hydroxyl groups is 1. The van der Waals surface area contributed by atoms with Crippen LogP contribution in [0.25, 0.3) is 0 Å². The van der Waals surface area contributed by atoms with Crippen LogP contribution in [0.2, 0.25) is 0 Å². The number of hydrogen-bond donors (Lipinski definition) is 2. The van der Waals surface area contributed by atoms with E-state index in [-0.39, 0.29) is 6.04 Å². The summed E-state index contributed by atoms with van der Waals surface area (Å²) in [6.07, 6.45) is 1.96. The molecule has 1 aromatic heterocycles. The van der Waals surface area contributed by atoms with Crippen molar-refractivity contribution in [1.82, 2.24) is 10.3 Å². The van der Waals surface area contributed by atoms with Gasteiger partial charge < -0.3 is 10.4 Å². The summed E-state index contributed by atoms with van der Waals surface area (Å²) in [5, 5.41) is 16.6. The highest BCUT2D eigenvalue weighted by Gasteiger charge is 2.23. The van der Waals surface area contributed by atoms with E-state index >= 15 is 0 Å². The van der Waals surface area contributed by atoms with Gasteiger partial charge in [-0.05, 0) is 12.0 Å². The van der Waals surface area contributed by atoms with E-state index in [1.807, 2.05) is 23.6 Å². The third kappa shape index (κ3) is 4.13. The predicted molar refractivity (Wildman–Crippen MR) is 79.3 cm³/mol. The zero-order valence-electron chi connectivity index (χ0n) is 11.3. The van der Waals surface area contributed by atoms with Crippen LogP contribution in [0, 0.1) is 0 Å². The van der Waals surface area contributed by atoms with Gasteiger partial charge in [-0.3, -0.25) is 0 Å². The molecule has 4 heteroatoms. The Balaban J connectivity index is 2.11. The van der Waals surface area contributed by atoms with Crippen molar-refractivity contribution in [3.8, 4) is 0 Å². The van der Waals surface area contributed by atoms with Crippen LogP contribution in [0.5, 0.6) is 0 Å². The predicted octanol–water partition coefficient (Wildman–Crippen LogP) is 2.79. The molecule has 2 rings (SSSR count). The Morgan fingerprint density at radius 2 is 2.00 bits per heavy atom. The molecule has 0 aliphatic rings. The number of aromatic nitrogens is 1. The fourth-order valence-corrected chi connectivity index (χ4v) is 2.80. The van der Waals surface area contributed by atoms with Crippen LogP contribution < -0.4 is 5.32 Å². The van der Waals surface area contributed by atoms with E-state index in [2.05, 4.69) is 36.3 Å². The lowest BCUT2D eigenvalue weighted by atomic mass is 10.0. The van der Waals surface area contributed by atoms with Crippen LogP contribution in [0.1, 0.15) is 30.5 Å². The van der Waals surface area contributed by atoms with E-state index in [0.29, 0.717) is 6.04 Å². The van der Waals surface area contributed by atoms with Crippen LogP contribution in [0.3, 0.4) is 0 Å². The molecule has 0 aliphatic heterocycles. The molecule has 0 aliphatic carbocycles. The molecule has 1 aromatic carbocycles. The highest BCUT2D eigenvalue weighted by molar-refractivity contribution is 7.09. The van der Waals surface area contributed by atoms with Crippen molar-refractivity contribution in [3.63, 3.8) is 0 Å². The minimum atomic E-state index is -0.567. The lowest BCUT2D eigenvalue weighted by molar-refractivity contribution is 0.123. The molecule has 0 saturated heterocycles.